The Hall–Kier alpha value is -1.62. The van der Waals surface area contributed by atoms with Gasteiger partial charge in [0.2, 0.25) is 0 Å². The molecule has 5 nitrogen and oxygen atoms in total. The summed E-state index contributed by atoms with van der Waals surface area (Å²) in [6.07, 6.45) is 1.60. The van der Waals surface area contributed by atoms with E-state index in [1.54, 1.807) is 18.3 Å². The first-order valence-electron chi connectivity index (χ1n) is 5.83. The third-order valence-electron chi connectivity index (χ3n) is 2.58. The highest BCUT2D eigenvalue weighted by Crippen LogP contribution is 2.10. The van der Waals surface area contributed by atoms with Gasteiger partial charge >= 0.3 is 0 Å². The third-order valence-corrected chi connectivity index (χ3v) is 2.58. The Morgan fingerprint density at radius 1 is 1.47 bits per heavy atom. The molecule has 0 unspecified atom stereocenters. The number of ether oxygens (including phenoxy) is 1. The van der Waals surface area contributed by atoms with Gasteiger partial charge in [0.1, 0.15) is 23.9 Å². The lowest BCUT2D eigenvalue weighted by molar-refractivity contribution is 0.222. The van der Waals surface area contributed by atoms with Crippen LogP contribution in [-0.2, 0) is 0 Å². The minimum absolute atomic E-state index is 0.0424. The zero-order valence-electron chi connectivity index (χ0n) is 10.4. The van der Waals surface area contributed by atoms with Crippen molar-refractivity contribution < 1.29 is 4.74 Å². The molecule has 1 aromatic rings. The maximum atomic E-state index is 7.29. The maximum Gasteiger partial charge on any atom is 0.141 e. The molecule has 1 heterocycles. The van der Waals surface area contributed by atoms with E-state index in [1.165, 1.54) is 0 Å². The van der Waals surface area contributed by atoms with Crippen LogP contribution in [0.4, 0.5) is 0 Å². The van der Waals surface area contributed by atoms with Crippen LogP contribution in [0.2, 0.25) is 0 Å². The fourth-order valence-electron chi connectivity index (χ4n) is 1.48. The van der Waals surface area contributed by atoms with E-state index < -0.39 is 0 Å². The molecule has 0 atom stereocenters. The number of hydrogen-bond acceptors (Lipinski definition) is 4. The van der Waals surface area contributed by atoms with Gasteiger partial charge in [-0.2, -0.15) is 0 Å². The van der Waals surface area contributed by atoms with Crippen LogP contribution in [0.1, 0.15) is 19.5 Å². The van der Waals surface area contributed by atoms with E-state index in [2.05, 4.69) is 23.7 Å². The van der Waals surface area contributed by atoms with Gasteiger partial charge in [-0.3, -0.25) is 10.4 Å². The summed E-state index contributed by atoms with van der Waals surface area (Å²) < 4.78 is 5.60. The molecule has 1 aromatic heterocycles. The van der Waals surface area contributed by atoms with Crippen molar-refractivity contribution in [2.45, 2.75) is 13.8 Å². The monoisotopic (exact) mass is 236 g/mol. The Bertz CT molecular complexity index is 363. The topological polar surface area (TPSA) is 75.2 Å². The molecule has 5 heteroatoms. The van der Waals surface area contributed by atoms with Crippen LogP contribution in [-0.4, -0.2) is 42.0 Å². The molecule has 0 bridgehead atoms. The lowest BCUT2D eigenvalue weighted by atomic mass is 10.3. The molecule has 0 spiro atoms. The molecule has 0 amide bonds. The summed E-state index contributed by atoms with van der Waals surface area (Å²) in [6.45, 7) is 7.82. The molecule has 0 aliphatic rings. The molecule has 3 N–H and O–H groups in total. The van der Waals surface area contributed by atoms with Crippen molar-refractivity contribution in [3.63, 3.8) is 0 Å². The second kappa shape index (κ2) is 6.85. The molecular weight excluding hydrogens is 216 g/mol. The zero-order valence-corrected chi connectivity index (χ0v) is 10.4. The van der Waals surface area contributed by atoms with Gasteiger partial charge in [-0.15, -0.1) is 0 Å². The van der Waals surface area contributed by atoms with Crippen molar-refractivity contribution in [1.29, 1.82) is 5.41 Å². The summed E-state index contributed by atoms with van der Waals surface area (Å²) in [7, 11) is 0. The molecule has 17 heavy (non-hydrogen) atoms. The van der Waals surface area contributed by atoms with Crippen molar-refractivity contribution in [2.75, 3.05) is 26.2 Å². The van der Waals surface area contributed by atoms with Crippen LogP contribution in [0.15, 0.2) is 18.3 Å². The molecule has 0 saturated heterocycles. The number of hydrogen-bond donors (Lipinski definition) is 2. The average molecular weight is 236 g/mol. The Labute approximate surface area is 102 Å². The number of aromatic nitrogens is 1. The molecule has 1 rings (SSSR count). The lowest BCUT2D eigenvalue weighted by Gasteiger charge is -2.18. The smallest absolute Gasteiger partial charge is 0.141 e. The van der Waals surface area contributed by atoms with Crippen LogP contribution in [0.3, 0.4) is 0 Å². The number of rotatable bonds is 7. The number of nitrogens with zero attached hydrogens (tertiary/aromatic N) is 2. The second-order valence-corrected chi connectivity index (χ2v) is 3.67. The third kappa shape index (κ3) is 4.40. The van der Waals surface area contributed by atoms with Gasteiger partial charge in [0.05, 0.1) is 0 Å². The minimum atomic E-state index is -0.0424. The summed E-state index contributed by atoms with van der Waals surface area (Å²) in [5, 5.41) is 7.29. The average Bonchev–Trinajstić information content (AvgIpc) is 2.35. The normalized spacial score (nSPS) is 10.5. The SMILES string of the molecule is CCN(CC)CCOc1ccnc(C(=N)N)c1. The second-order valence-electron chi connectivity index (χ2n) is 3.67. The molecule has 0 aliphatic carbocycles. The molecule has 0 aliphatic heterocycles. The highest BCUT2D eigenvalue weighted by atomic mass is 16.5. The fraction of sp³-hybridized carbons (Fsp3) is 0.500. The predicted octanol–water partition coefficient (Wildman–Crippen LogP) is 1.09. The van der Waals surface area contributed by atoms with Gasteiger partial charge < -0.3 is 15.4 Å². The van der Waals surface area contributed by atoms with Crippen LogP contribution in [0, 0.1) is 5.41 Å². The number of likely N-dealkylation sites (N-methyl/N-ethyl adjacent to an activating group) is 1. The number of nitrogens with two attached hydrogens (primary N) is 1. The summed E-state index contributed by atoms with van der Waals surface area (Å²) in [6, 6.07) is 3.46. The summed E-state index contributed by atoms with van der Waals surface area (Å²) in [4.78, 5) is 6.26. The van der Waals surface area contributed by atoms with Gasteiger partial charge in [0, 0.05) is 18.8 Å². The lowest BCUT2D eigenvalue weighted by Crippen LogP contribution is -2.27. The van der Waals surface area contributed by atoms with Crippen molar-refractivity contribution in [1.82, 2.24) is 9.88 Å². The quantitative estimate of drug-likeness (QED) is 0.549. The van der Waals surface area contributed by atoms with Crippen molar-refractivity contribution in [3.05, 3.63) is 24.0 Å². The van der Waals surface area contributed by atoms with Gasteiger partial charge in [-0.25, -0.2) is 0 Å². The minimum Gasteiger partial charge on any atom is -0.492 e. The number of nitrogens with one attached hydrogen (secondary N) is 1. The maximum absolute atomic E-state index is 7.29. The predicted molar refractivity (Wildman–Crippen MR) is 68.5 cm³/mol. The highest BCUT2D eigenvalue weighted by molar-refractivity contribution is 5.93. The first kappa shape index (κ1) is 13.4. The first-order valence-corrected chi connectivity index (χ1v) is 5.83. The van der Waals surface area contributed by atoms with Crippen LogP contribution >= 0.6 is 0 Å². The standard InChI is InChI=1S/C12H20N4O/c1-3-16(4-2)7-8-17-10-5-6-15-11(9-10)12(13)14/h5-6,9H,3-4,7-8H2,1-2H3,(H3,13,14). The number of amidine groups is 1. The van der Waals surface area contributed by atoms with Crippen LogP contribution in [0.5, 0.6) is 5.75 Å². The van der Waals surface area contributed by atoms with Gasteiger partial charge in [-0.05, 0) is 19.2 Å². The van der Waals surface area contributed by atoms with E-state index in [4.69, 9.17) is 15.9 Å². The van der Waals surface area contributed by atoms with E-state index in [1.807, 2.05) is 0 Å². The largest absolute Gasteiger partial charge is 0.492 e. The van der Waals surface area contributed by atoms with Crippen LogP contribution < -0.4 is 10.5 Å². The molecule has 94 valence electrons. The Morgan fingerprint density at radius 3 is 2.76 bits per heavy atom. The van der Waals surface area contributed by atoms with Crippen molar-refractivity contribution in [3.8, 4) is 5.75 Å². The van der Waals surface area contributed by atoms with E-state index in [-0.39, 0.29) is 5.84 Å². The highest BCUT2D eigenvalue weighted by Gasteiger charge is 2.02. The number of nitrogen functional groups attached to an aromatic ring is 1. The molecule has 0 saturated carbocycles. The molecular formula is C12H20N4O. The van der Waals surface area contributed by atoms with E-state index in [9.17, 15) is 0 Å². The van der Waals surface area contributed by atoms with Crippen molar-refractivity contribution >= 4 is 5.84 Å². The van der Waals surface area contributed by atoms with Gasteiger partial charge in [0.25, 0.3) is 0 Å². The number of pyridine rings is 1. The molecule has 0 radical (unpaired) electrons. The van der Waals surface area contributed by atoms with E-state index >= 15 is 0 Å². The Morgan fingerprint density at radius 2 is 2.18 bits per heavy atom. The molecule has 0 fully saturated rings. The summed E-state index contributed by atoms with van der Waals surface area (Å²) in [5.74, 6) is 0.663. The fourth-order valence-corrected chi connectivity index (χ4v) is 1.48. The van der Waals surface area contributed by atoms with E-state index in [0.717, 1.165) is 19.6 Å². The zero-order chi connectivity index (χ0) is 12.7. The first-order chi connectivity index (χ1) is 8.17. The van der Waals surface area contributed by atoms with Gasteiger partial charge in [0.15, 0.2) is 0 Å². The summed E-state index contributed by atoms with van der Waals surface area (Å²) >= 11 is 0. The molecule has 0 aromatic carbocycles. The van der Waals surface area contributed by atoms with Crippen LogP contribution in [0.25, 0.3) is 0 Å². The Kier molecular flexibility index (Phi) is 5.42. The van der Waals surface area contributed by atoms with E-state index in [0.29, 0.717) is 18.1 Å². The summed E-state index contributed by atoms with van der Waals surface area (Å²) in [5.41, 5.74) is 5.81. The van der Waals surface area contributed by atoms with Crippen molar-refractivity contribution in [2.24, 2.45) is 5.73 Å². The van der Waals surface area contributed by atoms with Gasteiger partial charge in [-0.1, -0.05) is 13.8 Å². The Balaban J connectivity index is 2.46.